The van der Waals surface area contributed by atoms with Gasteiger partial charge < -0.3 is 0 Å². The van der Waals surface area contributed by atoms with Crippen molar-refractivity contribution in [2.45, 2.75) is 19.8 Å². The molecule has 2 rings (SSSR count). The molecule has 0 saturated carbocycles. The predicted molar refractivity (Wildman–Crippen MR) is 66.9 cm³/mol. The second-order valence-corrected chi connectivity index (χ2v) is 4.10. The molecule has 0 amide bonds. The zero-order chi connectivity index (χ0) is 12.3. The van der Waals surface area contributed by atoms with Gasteiger partial charge in [0.25, 0.3) is 0 Å². The minimum atomic E-state index is 0.426. The van der Waals surface area contributed by atoms with Crippen LogP contribution in [-0.4, -0.2) is 10.2 Å². The van der Waals surface area contributed by atoms with Gasteiger partial charge in [-0.1, -0.05) is 38.1 Å². The summed E-state index contributed by atoms with van der Waals surface area (Å²) in [5.74, 6) is 0.942. The quantitative estimate of drug-likeness (QED) is 0.477. The zero-order valence-electron chi connectivity index (χ0n) is 9.75. The zero-order valence-corrected chi connectivity index (χ0v) is 9.75. The van der Waals surface area contributed by atoms with Crippen LogP contribution >= 0.6 is 0 Å². The van der Waals surface area contributed by atoms with E-state index in [0.717, 1.165) is 11.3 Å². The number of hydrogen-bond acceptors (Lipinski definition) is 2. The number of nitrogens with zero attached hydrogens (tertiary/aromatic N) is 4. The van der Waals surface area contributed by atoms with Gasteiger partial charge in [-0.3, -0.25) is 5.10 Å². The number of nitrogens with one attached hydrogen (secondary N) is 1. The Morgan fingerprint density at radius 2 is 2.00 bits per heavy atom. The first-order valence-electron chi connectivity index (χ1n) is 5.41. The third-order valence-corrected chi connectivity index (χ3v) is 2.59. The van der Waals surface area contributed by atoms with Crippen LogP contribution in [0, 0.1) is 0 Å². The maximum Gasteiger partial charge on any atom is 0.122 e. The molecule has 1 N–H and O–H groups in total. The molecule has 0 fully saturated rings. The highest BCUT2D eigenvalue weighted by molar-refractivity contribution is 5.62. The van der Waals surface area contributed by atoms with E-state index in [2.05, 4.69) is 46.2 Å². The van der Waals surface area contributed by atoms with E-state index in [1.807, 2.05) is 12.1 Å². The van der Waals surface area contributed by atoms with Gasteiger partial charge in [-0.25, -0.2) is 0 Å². The van der Waals surface area contributed by atoms with Crippen LogP contribution in [0.25, 0.3) is 21.7 Å². The highest BCUT2D eigenvalue weighted by Gasteiger charge is 2.04. The van der Waals surface area contributed by atoms with Crippen molar-refractivity contribution >= 4 is 5.82 Å². The Balaban J connectivity index is 2.29. The Bertz CT molecular complexity index is 547. The Labute approximate surface area is 99.1 Å². The number of azide groups is 1. The third-order valence-electron chi connectivity index (χ3n) is 2.59. The van der Waals surface area contributed by atoms with Crippen molar-refractivity contribution in [3.05, 3.63) is 46.3 Å². The number of hydrogen-bond donors (Lipinski definition) is 1. The molecular formula is C12H13N5. The van der Waals surface area contributed by atoms with E-state index in [0.29, 0.717) is 11.7 Å². The maximum absolute atomic E-state index is 8.31. The lowest BCUT2D eigenvalue weighted by molar-refractivity contribution is 0.867. The highest BCUT2D eigenvalue weighted by Crippen LogP contribution is 2.23. The molecule has 1 aromatic carbocycles. The molecule has 0 saturated heterocycles. The van der Waals surface area contributed by atoms with E-state index in [4.69, 9.17) is 5.53 Å². The molecule has 0 unspecified atom stereocenters. The molecule has 0 aliphatic heterocycles. The number of aromatic nitrogens is 2. The van der Waals surface area contributed by atoms with Crippen LogP contribution in [0.5, 0.6) is 0 Å². The molecule has 0 spiro atoms. The lowest BCUT2D eigenvalue weighted by Gasteiger charge is -2.05. The Morgan fingerprint density at radius 1 is 1.29 bits per heavy atom. The summed E-state index contributed by atoms with van der Waals surface area (Å²) in [5.41, 5.74) is 11.4. The monoisotopic (exact) mass is 227 g/mol. The van der Waals surface area contributed by atoms with Crippen molar-refractivity contribution in [3.8, 4) is 11.3 Å². The summed E-state index contributed by atoms with van der Waals surface area (Å²) >= 11 is 0. The fraction of sp³-hybridized carbons (Fsp3) is 0.250. The van der Waals surface area contributed by atoms with Gasteiger partial charge in [0.05, 0.1) is 5.69 Å². The van der Waals surface area contributed by atoms with Gasteiger partial charge in [0.1, 0.15) is 5.82 Å². The number of benzene rings is 1. The first kappa shape index (κ1) is 11.2. The summed E-state index contributed by atoms with van der Waals surface area (Å²) in [4.78, 5) is 2.70. The van der Waals surface area contributed by atoms with Gasteiger partial charge in [0, 0.05) is 10.5 Å². The Morgan fingerprint density at radius 3 is 2.59 bits per heavy atom. The van der Waals surface area contributed by atoms with E-state index in [1.165, 1.54) is 5.56 Å². The molecule has 0 aliphatic carbocycles. The molecule has 5 heteroatoms. The SMILES string of the molecule is CC(C)c1ccc(-c2cc(N=[N+]=[N-])[nH]n2)cc1. The molecule has 1 heterocycles. The number of aromatic amines is 1. The molecule has 0 bridgehead atoms. The van der Waals surface area contributed by atoms with E-state index in [9.17, 15) is 0 Å². The van der Waals surface area contributed by atoms with Crippen LogP contribution in [0.3, 0.4) is 0 Å². The lowest BCUT2D eigenvalue weighted by atomic mass is 10.0. The standard InChI is InChI=1S/C12H13N5/c1-8(2)9-3-5-10(6-4-9)11-7-12(15-14-11)16-17-13/h3-8H,1-2H3,(H,14,15). The largest absolute Gasteiger partial charge is 0.275 e. The minimum Gasteiger partial charge on any atom is -0.275 e. The van der Waals surface area contributed by atoms with Crippen LogP contribution in [0.4, 0.5) is 5.82 Å². The van der Waals surface area contributed by atoms with Crippen LogP contribution in [0.2, 0.25) is 0 Å². The lowest BCUT2D eigenvalue weighted by Crippen LogP contribution is -1.86. The van der Waals surface area contributed by atoms with Crippen molar-refractivity contribution < 1.29 is 0 Å². The van der Waals surface area contributed by atoms with Crippen LogP contribution in [-0.2, 0) is 0 Å². The molecule has 2 aromatic rings. The average molecular weight is 227 g/mol. The molecule has 5 nitrogen and oxygen atoms in total. The van der Waals surface area contributed by atoms with Gasteiger partial charge >= 0.3 is 0 Å². The van der Waals surface area contributed by atoms with Crippen molar-refractivity contribution in [2.75, 3.05) is 0 Å². The average Bonchev–Trinajstić information content (AvgIpc) is 2.78. The maximum atomic E-state index is 8.31. The van der Waals surface area contributed by atoms with Crippen LogP contribution < -0.4 is 0 Å². The second kappa shape index (κ2) is 4.72. The van der Waals surface area contributed by atoms with Gasteiger partial charge in [-0.15, -0.1) is 0 Å². The Hall–Kier alpha value is -2.26. The summed E-state index contributed by atoms with van der Waals surface area (Å²) in [5, 5.41) is 10.2. The van der Waals surface area contributed by atoms with Crippen LogP contribution in [0.15, 0.2) is 35.4 Å². The van der Waals surface area contributed by atoms with Crippen molar-refractivity contribution in [3.63, 3.8) is 0 Å². The highest BCUT2D eigenvalue weighted by atomic mass is 15.2. The smallest absolute Gasteiger partial charge is 0.122 e. The molecule has 86 valence electrons. The molecule has 0 atom stereocenters. The first-order chi connectivity index (χ1) is 8.20. The molecule has 0 radical (unpaired) electrons. The van der Waals surface area contributed by atoms with Crippen molar-refractivity contribution in [1.29, 1.82) is 0 Å². The van der Waals surface area contributed by atoms with Gasteiger partial charge in [-0.2, -0.15) is 5.10 Å². The predicted octanol–water partition coefficient (Wildman–Crippen LogP) is 4.14. The summed E-state index contributed by atoms with van der Waals surface area (Å²) in [6.45, 7) is 4.31. The van der Waals surface area contributed by atoms with E-state index < -0.39 is 0 Å². The third kappa shape index (κ3) is 2.46. The fourth-order valence-corrected chi connectivity index (χ4v) is 1.60. The van der Waals surface area contributed by atoms with E-state index in [1.54, 1.807) is 6.07 Å². The summed E-state index contributed by atoms with van der Waals surface area (Å²) in [6, 6.07) is 9.94. The molecule has 1 aromatic heterocycles. The van der Waals surface area contributed by atoms with Crippen molar-refractivity contribution in [2.24, 2.45) is 5.11 Å². The topological polar surface area (TPSA) is 77.4 Å². The molecule has 17 heavy (non-hydrogen) atoms. The number of rotatable bonds is 3. The molecular weight excluding hydrogens is 214 g/mol. The van der Waals surface area contributed by atoms with Crippen molar-refractivity contribution in [1.82, 2.24) is 10.2 Å². The fourth-order valence-electron chi connectivity index (χ4n) is 1.60. The van der Waals surface area contributed by atoms with Gasteiger partial charge in [0.2, 0.25) is 0 Å². The van der Waals surface area contributed by atoms with Gasteiger partial charge in [0.15, 0.2) is 0 Å². The number of H-pyrrole nitrogens is 1. The molecule has 0 aliphatic rings. The summed E-state index contributed by atoms with van der Waals surface area (Å²) in [7, 11) is 0. The summed E-state index contributed by atoms with van der Waals surface area (Å²) in [6.07, 6.45) is 0. The normalized spacial score (nSPS) is 10.3. The van der Waals surface area contributed by atoms with Gasteiger partial charge in [-0.05, 0) is 28.2 Å². The van der Waals surface area contributed by atoms with Crippen LogP contribution in [0.1, 0.15) is 25.3 Å². The first-order valence-corrected chi connectivity index (χ1v) is 5.41. The minimum absolute atomic E-state index is 0.426. The Kier molecular flexibility index (Phi) is 3.12. The second-order valence-electron chi connectivity index (χ2n) is 4.10. The van der Waals surface area contributed by atoms with E-state index >= 15 is 0 Å². The summed E-state index contributed by atoms with van der Waals surface area (Å²) < 4.78 is 0. The van der Waals surface area contributed by atoms with E-state index in [-0.39, 0.29) is 0 Å².